The number of amides is 1. The number of nitrogens with zero attached hydrogens (tertiary/aromatic N) is 1. The van der Waals surface area contributed by atoms with Gasteiger partial charge >= 0.3 is 0 Å². The van der Waals surface area contributed by atoms with Crippen LogP contribution in [0, 0.1) is 0 Å². The molecule has 0 spiro atoms. The Morgan fingerprint density at radius 1 is 0.861 bits per heavy atom. The fourth-order valence-electron chi connectivity index (χ4n) is 3.47. The average molecular weight is 499 g/mol. The van der Waals surface area contributed by atoms with Gasteiger partial charge in [-0.05, 0) is 67.3 Å². The van der Waals surface area contributed by atoms with Crippen LogP contribution in [-0.2, 0) is 17.6 Å². The summed E-state index contributed by atoms with van der Waals surface area (Å²) in [5.41, 5.74) is 7.02. The molecule has 2 aromatic carbocycles. The molecule has 0 radical (unpaired) electrons. The maximum absolute atomic E-state index is 13.0. The molecule has 0 atom stereocenters. The molecule has 0 heterocycles. The number of ether oxygens (including phenoxy) is 2. The van der Waals surface area contributed by atoms with Gasteiger partial charge in [-0.2, -0.15) is 0 Å². The van der Waals surface area contributed by atoms with E-state index >= 15 is 0 Å². The van der Waals surface area contributed by atoms with Crippen molar-refractivity contribution < 1.29 is 14.3 Å². The molecule has 2 rings (SSSR count). The summed E-state index contributed by atoms with van der Waals surface area (Å²) < 4.78 is 11.0. The van der Waals surface area contributed by atoms with Crippen LogP contribution in [0.4, 0.5) is 0 Å². The molecule has 36 heavy (non-hydrogen) atoms. The lowest BCUT2D eigenvalue weighted by Gasteiger charge is -2.23. The Balaban J connectivity index is 0.00000227. The lowest BCUT2D eigenvalue weighted by Crippen LogP contribution is -2.34. The molecule has 2 aromatic rings. The zero-order chi connectivity index (χ0) is 27.0. The summed E-state index contributed by atoms with van der Waals surface area (Å²) in [6, 6.07) is 16.3. The second-order valence-electron chi connectivity index (χ2n) is 8.27. The molecule has 0 aliphatic heterocycles. The van der Waals surface area contributed by atoms with E-state index in [9.17, 15) is 4.79 Å². The van der Waals surface area contributed by atoms with Crippen LogP contribution in [0.2, 0.25) is 0 Å². The Hall–Kier alpha value is -2.95. The van der Waals surface area contributed by atoms with E-state index in [0.29, 0.717) is 6.42 Å². The van der Waals surface area contributed by atoms with Gasteiger partial charge < -0.3 is 20.1 Å². The lowest BCUT2D eigenvalue weighted by atomic mass is 10.1. The number of benzene rings is 2. The number of rotatable bonds is 15. The van der Waals surface area contributed by atoms with Crippen molar-refractivity contribution in [2.24, 2.45) is 5.73 Å². The molecule has 0 aliphatic carbocycles. The van der Waals surface area contributed by atoms with E-state index < -0.39 is 0 Å². The fourth-order valence-corrected chi connectivity index (χ4v) is 3.47. The number of hydrogen-bond donors (Lipinski definition) is 1. The fraction of sp³-hybridized carbons (Fsp3) is 0.516. The number of carbonyl (C=O) groups is 1. The molecule has 1 amide bonds. The molecule has 0 bridgehead atoms. The number of unbranched alkanes of at least 4 members (excludes halogenated alkanes) is 3. The number of nitrogens with two attached hydrogens (primary N) is 1. The minimum Gasteiger partial charge on any atom is -0.497 e. The van der Waals surface area contributed by atoms with Crippen molar-refractivity contribution in [3.63, 3.8) is 0 Å². The Morgan fingerprint density at radius 2 is 1.39 bits per heavy atom. The molecule has 0 saturated heterocycles. The Kier molecular flexibility index (Phi) is 20.7. The van der Waals surface area contributed by atoms with Crippen molar-refractivity contribution >= 4 is 5.91 Å². The van der Waals surface area contributed by atoms with E-state index in [4.69, 9.17) is 9.47 Å². The third-order valence-electron chi connectivity index (χ3n) is 5.53. The molecular weight excluding hydrogens is 448 g/mol. The SMILES string of the molecule is C=CN.CC.CCCCCN(CCc1ccc(OC)cc1)C(=O)CCc1ccc(OCCCC)cc1. The summed E-state index contributed by atoms with van der Waals surface area (Å²) in [5.74, 6) is 2.01. The molecule has 2 N–H and O–H groups in total. The van der Waals surface area contributed by atoms with Gasteiger partial charge in [0.1, 0.15) is 11.5 Å². The quantitative estimate of drug-likeness (QED) is 0.264. The first-order valence-electron chi connectivity index (χ1n) is 13.5. The van der Waals surface area contributed by atoms with Crippen LogP contribution in [0.3, 0.4) is 0 Å². The largest absolute Gasteiger partial charge is 0.497 e. The van der Waals surface area contributed by atoms with E-state index in [1.165, 1.54) is 17.3 Å². The maximum Gasteiger partial charge on any atom is 0.222 e. The van der Waals surface area contributed by atoms with E-state index in [2.05, 4.69) is 50.4 Å². The van der Waals surface area contributed by atoms with Crippen molar-refractivity contribution in [2.45, 2.75) is 79.1 Å². The minimum atomic E-state index is 0.243. The van der Waals surface area contributed by atoms with Crippen LogP contribution in [0.1, 0.15) is 77.3 Å². The van der Waals surface area contributed by atoms with Gasteiger partial charge in [0, 0.05) is 19.5 Å². The smallest absolute Gasteiger partial charge is 0.222 e. The van der Waals surface area contributed by atoms with Gasteiger partial charge in [-0.25, -0.2) is 0 Å². The second-order valence-corrected chi connectivity index (χ2v) is 8.27. The van der Waals surface area contributed by atoms with Gasteiger partial charge in [-0.1, -0.05) is 77.8 Å². The molecule has 0 fully saturated rings. The van der Waals surface area contributed by atoms with Gasteiger partial charge in [0.25, 0.3) is 0 Å². The van der Waals surface area contributed by atoms with Gasteiger partial charge in [0.15, 0.2) is 0 Å². The standard InChI is InChI=1S/C27H39NO3.C2H5N.C2H6/c1-4-6-8-20-28(21-19-24-9-14-25(30-3)15-10-24)27(29)18-13-23-11-16-26(17-12-23)31-22-7-5-2;1-2-3;1-2/h9-12,14-17H,4-8,13,18-22H2,1-3H3;2H,1,3H2;1-2H3. The topological polar surface area (TPSA) is 64.8 Å². The average Bonchev–Trinajstić information content (AvgIpc) is 2.92. The highest BCUT2D eigenvalue weighted by Gasteiger charge is 2.13. The highest BCUT2D eigenvalue weighted by atomic mass is 16.5. The predicted molar refractivity (Wildman–Crippen MR) is 154 cm³/mol. The summed E-state index contributed by atoms with van der Waals surface area (Å²) >= 11 is 0. The van der Waals surface area contributed by atoms with Crippen LogP contribution in [0.25, 0.3) is 0 Å². The third kappa shape index (κ3) is 15.1. The number of hydrogen-bond acceptors (Lipinski definition) is 4. The second kappa shape index (κ2) is 22.5. The van der Waals surface area contributed by atoms with Gasteiger partial charge in [-0.15, -0.1) is 0 Å². The Morgan fingerprint density at radius 3 is 1.92 bits per heavy atom. The Labute approximate surface area is 220 Å². The van der Waals surface area contributed by atoms with Crippen LogP contribution in [0.15, 0.2) is 61.3 Å². The zero-order valence-corrected chi connectivity index (χ0v) is 23.4. The molecule has 5 nitrogen and oxygen atoms in total. The molecule has 0 aromatic heterocycles. The molecule has 202 valence electrons. The lowest BCUT2D eigenvalue weighted by molar-refractivity contribution is -0.131. The monoisotopic (exact) mass is 498 g/mol. The van der Waals surface area contributed by atoms with E-state index in [-0.39, 0.29) is 5.91 Å². The van der Waals surface area contributed by atoms with Crippen LogP contribution in [-0.4, -0.2) is 37.6 Å². The summed E-state index contributed by atoms with van der Waals surface area (Å²) in [4.78, 5) is 15.0. The van der Waals surface area contributed by atoms with Gasteiger partial charge in [-0.3, -0.25) is 4.79 Å². The number of aryl methyl sites for hydroxylation is 1. The van der Waals surface area contributed by atoms with Crippen molar-refractivity contribution in [3.8, 4) is 11.5 Å². The molecule has 0 aliphatic rings. The summed E-state index contributed by atoms with van der Waals surface area (Å²) in [5, 5.41) is 0. The summed E-state index contributed by atoms with van der Waals surface area (Å²) in [7, 11) is 1.68. The summed E-state index contributed by atoms with van der Waals surface area (Å²) in [6.07, 6.45) is 9.01. The predicted octanol–water partition coefficient (Wildman–Crippen LogP) is 7.18. The zero-order valence-electron chi connectivity index (χ0n) is 23.4. The highest BCUT2D eigenvalue weighted by molar-refractivity contribution is 5.76. The van der Waals surface area contributed by atoms with Crippen LogP contribution >= 0.6 is 0 Å². The number of carbonyl (C=O) groups excluding carboxylic acids is 1. The highest BCUT2D eigenvalue weighted by Crippen LogP contribution is 2.16. The number of methoxy groups -OCH3 is 1. The van der Waals surface area contributed by atoms with Gasteiger partial charge in [0.05, 0.1) is 13.7 Å². The van der Waals surface area contributed by atoms with Crippen molar-refractivity contribution in [3.05, 3.63) is 72.4 Å². The maximum atomic E-state index is 13.0. The first kappa shape index (κ1) is 33.0. The third-order valence-corrected chi connectivity index (χ3v) is 5.53. The minimum absolute atomic E-state index is 0.243. The van der Waals surface area contributed by atoms with E-state index in [1.54, 1.807) is 7.11 Å². The molecule has 5 heteroatoms. The van der Waals surface area contributed by atoms with E-state index in [1.807, 2.05) is 43.0 Å². The summed E-state index contributed by atoms with van der Waals surface area (Å²) in [6.45, 7) is 13.9. The van der Waals surface area contributed by atoms with Crippen molar-refractivity contribution in [1.29, 1.82) is 0 Å². The van der Waals surface area contributed by atoms with Gasteiger partial charge in [0.2, 0.25) is 5.91 Å². The normalized spacial score (nSPS) is 9.69. The van der Waals surface area contributed by atoms with Crippen LogP contribution in [0.5, 0.6) is 11.5 Å². The first-order chi connectivity index (χ1) is 17.6. The van der Waals surface area contributed by atoms with E-state index in [0.717, 1.165) is 76.1 Å². The molecule has 0 unspecified atom stereocenters. The molecule has 0 saturated carbocycles. The van der Waals surface area contributed by atoms with Crippen molar-refractivity contribution in [1.82, 2.24) is 4.90 Å². The first-order valence-corrected chi connectivity index (χ1v) is 13.5. The van der Waals surface area contributed by atoms with Crippen molar-refractivity contribution in [2.75, 3.05) is 26.8 Å². The molecular formula is C31H50N2O3. The Bertz CT molecular complexity index is 788. The van der Waals surface area contributed by atoms with Crippen LogP contribution < -0.4 is 15.2 Å².